The van der Waals surface area contributed by atoms with Crippen molar-refractivity contribution in [2.75, 3.05) is 5.75 Å². The van der Waals surface area contributed by atoms with Gasteiger partial charge in [0.1, 0.15) is 0 Å². The number of benzene rings is 2. The fraction of sp³-hybridized carbons (Fsp3) is 0.333. The molecule has 0 aliphatic carbocycles. The molecule has 2 aromatic carbocycles. The molecule has 1 aromatic heterocycles. The van der Waals surface area contributed by atoms with Gasteiger partial charge in [0, 0.05) is 29.4 Å². The van der Waals surface area contributed by atoms with E-state index in [4.69, 9.17) is 16.6 Å². The number of sulfone groups is 1. The highest BCUT2D eigenvalue weighted by Gasteiger charge is 2.40. The number of thiazole rings is 1. The normalized spacial score (nSPS) is 15.5. The molecule has 3 aromatic rings. The van der Waals surface area contributed by atoms with Crippen LogP contribution in [0.2, 0.25) is 5.02 Å². The van der Waals surface area contributed by atoms with Gasteiger partial charge in [0.2, 0.25) is 0 Å². The average molecular weight is 521 g/mol. The molecule has 0 fully saturated rings. The molecule has 4 rings (SSSR count). The molecule has 0 saturated heterocycles. The Kier molecular flexibility index (Phi) is 7.03. The Hall–Kier alpha value is -1.71. The summed E-state index contributed by atoms with van der Waals surface area (Å²) >= 11 is 8.74. The molecule has 0 unspecified atom stereocenters. The van der Waals surface area contributed by atoms with Crippen LogP contribution in [0.15, 0.2) is 57.8 Å². The first-order chi connectivity index (χ1) is 15.6. The van der Waals surface area contributed by atoms with Crippen LogP contribution in [-0.2, 0) is 39.7 Å². The van der Waals surface area contributed by atoms with E-state index in [1.54, 1.807) is 42.5 Å². The lowest BCUT2D eigenvalue weighted by atomic mass is 10.0. The number of carbonyl (C=O) groups is 1. The zero-order valence-electron chi connectivity index (χ0n) is 18.7. The maximum atomic E-state index is 12.6. The number of carbonyl (C=O) groups excluding carboxylic acids is 1. The van der Waals surface area contributed by atoms with E-state index in [1.165, 1.54) is 10.4 Å². The summed E-state index contributed by atoms with van der Waals surface area (Å²) in [7, 11) is -3.24. The third-order valence-electron chi connectivity index (χ3n) is 5.88. The van der Waals surface area contributed by atoms with Crippen molar-refractivity contribution < 1.29 is 13.2 Å². The fourth-order valence-corrected chi connectivity index (χ4v) is 7.11. The monoisotopic (exact) mass is 520 g/mol. The van der Waals surface area contributed by atoms with Crippen LogP contribution in [0.3, 0.4) is 0 Å². The Morgan fingerprint density at radius 1 is 1.12 bits per heavy atom. The molecular formula is C24H25ClN2O3S3. The number of hydrogen-bond donors (Lipinski definition) is 0. The topological polar surface area (TPSA) is 67.3 Å². The number of fused-ring (bicyclic) bond motifs is 1. The molecule has 174 valence electrons. The summed E-state index contributed by atoms with van der Waals surface area (Å²) in [6, 6.07) is 14.5. The second-order valence-corrected chi connectivity index (χ2v) is 13.6. The molecule has 2 heterocycles. The number of rotatable bonds is 7. The van der Waals surface area contributed by atoms with E-state index in [-0.39, 0.29) is 27.7 Å². The Bertz CT molecular complexity index is 1270. The van der Waals surface area contributed by atoms with Crippen molar-refractivity contribution in [2.45, 2.75) is 55.1 Å². The second-order valence-electron chi connectivity index (χ2n) is 8.49. The van der Waals surface area contributed by atoms with Gasteiger partial charge >= 0.3 is 0 Å². The average Bonchev–Trinajstić information content (AvgIpc) is 3.27. The smallest absolute Gasteiger partial charge is 0.200 e. The summed E-state index contributed by atoms with van der Waals surface area (Å²) in [6.07, 6.45) is 0.230. The van der Waals surface area contributed by atoms with Gasteiger partial charge in [0.25, 0.3) is 0 Å². The third kappa shape index (κ3) is 5.35. The largest absolute Gasteiger partial charge is 0.286 e. The van der Waals surface area contributed by atoms with Gasteiger partial charge in [0.05, 0.1) is 21.9 Å². The van der Waals surface area contributed by atoms with Crippen LogP contribution in [0.4, 0.5) is 0 Å². The van der Waals surface area contributed by atoms with Crippen molar-refractivity contribution in [2.24, 2.45) is 0 Å². The summed E-state index contributed by atoms with van der Waals surface area (Å²) < 4.78 is 24.7. The maximum Gasteiger partial charge on any atom is 0.200 e. The lowest BCUT2D eigenvalue weighted by molar-refractivity contribution is -0.110. The van der Waals surface area contributed by atoms with Crippen LogP contribution < -0.4 is 0 Å². The first kappa shape index (κ1) is 24.4. The molecule has 0 amide bonds. The Morgan fingerprint density at radius 2 is 1.76 bits per heavy atom. The molecule has 0 saturated carbocycles. The summed E-state index contributed by atoms with van der Waals surface area (Å²) in [5, 5.41) is 0.720. The quantitative estimate of drug-likeness (QED) is 0.372. The highest BCUT2D eigenvalue weighted by molar-refractivity contribution is 8.14. The number of halogens is 1. The molecule has 1 aliphatic heterocycles. The van der Waals surface area contributed by atoms with E-state index >= 15 is 0 Å². The van der Waals surface area contributed by atoms with Crippen molar-refractivity contribution in [1.82, 2.24) is 9.88 Å². The number of aromatic nitrogens is 1. The minimum Gasteiger partial charge on any atom is -0.286 e. The number of thioether (sulfide) groups is 1. The predicted molar refractivity (Wildman–Crippen MR) is 135 cm³/mol. The zero-order valence-corrected chi connectivity index (χ0v) is 21.9. The van der Waals surface area contributed by atoms with Crippen LogP contribution in [0, 0.1) is 0 Å². The Morgan fingerprint density at radius 3 is 2.36 bits per heavy atom. The standard InChI is InChI=1S/C24H25ClN2O3S3/c1-4-33(29,30)19-11-7-16(8-12-19)13-21(28)32-23-26-22-20(31-23)15-27(24(22,2)3)14-17-5-9-18(25)10-6-17/h5-12H,4,13-15H2,1-3H3. The second kappa shape index (κ2) is 9.50. The van der Waals surface area contributed by atoms with Crippen LogP contribution in [0.5, 0.6) is 0 Å². The fourth-order valence-electron chi connectivity index (χ4n) is 3.82. The highest BCUT2D eigenvalue weighted by atomic mass is 35.5. The van der Waals surface area contributed by atoms with E-state index < -0.39 is 9.84 Å². The first-order valence-electron chi connectivity index (χ1n) is 10.6. The van der Waals surface area contributed by atoms with Crippen LogP contribution in [0.25, 0.3) is 0 Å². The van der Waals surface area contributed by atoms with Gasteiger partial charge in [0.15, 0.2) is 19.3 Å². The lowest BCUT2D eigenvalue weighted by Gasteiger charge is -2.31. The van der Waals surface area contributed by atoms with E-state index in [9.17, 15) is 13.2 Å². The van der Waals surface area contributed by atoms with Crippen LogP contribution in [0.1, 0.15) is 42.5 Å². The molecular weight excluding hydrogens is 496 g/mol. The molecule has 0 spiro atoms. The van der Waals surface area contributed by atoms with E-state index in [1.807, 2.05) is 24.3 Å². The summed E-state index contributed by atoms with van der Waals surface area (Å²) in [6.45, 7) is 7.55. The summed E-state index contributed by atoms with van der Waals surface area (Å²) in [5.41, 5.74) is 2.80. The van der Waals surface area contributed by atoms with Gasteiger partial charge in [-0.05, 0) is 61.0 Å². The van der Waals surface area contributed by atoms with Gasteiger partial charge < -0.3 is 0 Å². The molecule has 5 nitrogen and oxygen atoms in total. The summed E-state index contributed by atoms with van der Waals surface area (Å²) in [4.78, 5) is 21.3. The first-order valence-corrected chi connectivity index (χ1v) is 14.3. The van der Waals surface area contributed by atoms with E-state index in [2.05, 4.69) is 18.7 Å². The Balaban J connectivity index is 1.40. The molecule has 0 atom stereocenters. The van der Waals surface area contributed by atoms with Gasteiger partial charge in [-0.2, -0.15) is 0 Å². The molecule has 33 heavy (non-hydrogen) atoms. The highest BCUT2D eigenvalue weighted by Crippen LogP contribution is 2.44. The minimum atomic E-state index is -3.24. The van der Waals surface area contributed by atoms with Crippen LogP contribution in [-0.4, -0.2) is 29.2 Å². The molecule has 1 aliphatic rings. The minimum absolute atomic E-state index is 0.00986. The Labute approximate surface area is 208 Å². The van der Waals surface area contributed by atoms with Crippen molar-refractivity contribution in [3.8, 4) is 0 Å². The van der Waals surface area contributed by atoms with Crippen molar-refractivity contribution in [3.63, 3.8) is 0 Å². The molecule has 0 N–H and O–H groups in total. The molecule has 0 bridgehead atoms. The van der Waals surface area contributed by atoms with E-state index in [0.717, 1.165) is 45.5 Å². The number of hydrogen-bond acceptors (Lipinski definition) is 7. The maximum absolute atomic E-state index is 12.6. The van der Waals surface area contributed by atoms with Crippen LogP contribution >= 0.6 is 34.7 Å². The lowest BCUT2D eigenvalue weighted by Crippen LogP contribution is -2.35. The summed E-state index contributed by atoms with van der Waals surface area (Å²) in [5.74, 6) is 0.0588. The zero-order chi connectivity index (χ0) is 23.8. The SMILES string of the molecule is CCS(=O)(=O)c1ccc(CC(=O)Sc2nc3c(s2)CN(Cc2ccc(Cl)cc2)C3(C)C)cc1. The van der Waals surface area contributed by atoms with Gasteiger partial charge in [-0.3, -0.25) is 9.69 Å². The van der Waals surface area contributed by atoms with E-state index in [0.29, 0.717) is 0 Å². The third-order valence-corrected chi connectivity index (χ3v) is 9.86. The van der Waals surface area contributed by atoms with Crippen molar-refractivity contribution >= 4 is 49.7 Å². The van der Waals surface area contributed by atoms with Crippen molar-refractivity contribution in [3.05, 3.63) is 75.3 Å². The molecule has 9 heteroatoms. The van der Waals surface area contributed by atoms with Gasteiger partial charge in [-0.1, -0.05) is 42.8 Å². The van der Waals surface area contributed by atoms with Crippen molar-refractivity contribution in [1.29, 1.82) is 0 Å². The van der Waals surface area contributed by atoms with Gasteiger partial charge in [-0.25, -0.2) is 13.4 Å². The molecule has 0 radical (unpaired) electrons. The number of nitrogens with zero attached hydrogens (tertiary/aromatic N) is 2. The van der Waals surface area contributed by atoms with Gasteiger partial charge in [-0.15, -0.1) is 11.3 Å². The predicted octanol–water partition coefficient (Wildman–Crippen LogP) is 5.70.